The molecule has 5 heteroatoms. The van der Waals surface area contributed by atoms with Gasteiger partial charge < -0.3 is 10.6 Å². The molecule has 3 N–H and O–H groups in total. The molecule has 2 aromatic carbocycles. The van der Waals surface area contributed by atoms with Gasteiger partial charge in [0.15, 0.2) is 0 Å². The number of nitrogen functional groups attached to an aromatic ring is 1. The van der Waals surface area contributed by atoms with Crippen molar-refractivity contribution in [3.63, 3.8) is 0 Å². The van der Waals surface area contributed by atoms with Gasteiger partial charge in [0.2, 0.25) is 0 Å². The average molecular weight is 292 g/mol. The van der Waals surface area contributed by atoms with Crippen molar-refractivity contribution in [2.45, 2.75) is 6.54 Å². The predicted molar refractivity (Wildman–Crippen MR) is 81.0 cm³/mol. The van der Waals surface area contributed by atoms with Crippen LogP contribution in [-0.2, 0) is 6.54 Å². The first-order valence-electron chi connectivity index (χ1n) is 6.07. The Morgan fingerprint density at radius 1 is 1.30 bits per heavy atom. The minimum atomic E-state index is -0.493. The zero-order valence-corrected chi connectivity index (χ0v) is 11.8. The van der Waals surface area contributed by atoms with Crippen LogP contribution in [0.25, 0.3) is 0 Å². The van der Waals surface area contributed by atoms with Crippen molar-refractivity contribution in [2.75, 3.05) is 11.9 Å². The van der Waals surface area contributed by atoms with Gasteiger partial charge >= 0.3 is 0 Å². The van der Waals surface area contributed by atoms with Crippen LogP contribution in [0.2, 0.25) is 5.02 Å². The van der Waals surface area contributed by atoms with Gasteiger partial charge in [0.05, 0.1) is 11.3 Å². The second-order valence-corrected chi connectivity index (χ2v) is 4.97. The summed E-state index contributed by atoms with van der Waals surface area (Å²) in [6, 6.07) is 12.1. The summed E-state index contributed by atoms with van der Waals surface area (Å²) in [7, 11) is 1.82. The SMILES string of the molecule is CN(Cc1cccc(Cl)c1)c1cccc(F)c1C(=N)N. The topological polar surface area (TPSA) is 53.1 Å². The van der Waals surface area contributed by atoms with Crippen molar-refractivity contribution in [3.05, 3.63) is 64.4 Å². The summed E-state index contributed by atoms with van der Waals surface area (Å²) in [5, 5.41) is 8.17. The number of hydrogen-bond donors (Lipinski definition) is 2. The van der Waals surface area contributed by atoms with Crippen molar-refractivity contribution in [2.24, 2.45) is 5.73 Å². The summed E-state index contributed by atoms with van der Waals surface area (Å²) < 4.78 is 13.8. The molecule has 0 unspecified atom stereocenters. The van der Waals surface area contributed by atoms with Crippen LogP contribution in [0, 0.1) is 11.2 Å². The van der Waals surface area contributed by atoms with Gasteiger partial charge in [-0.25, -0.2) is 4.39 Å². The molecule has 0 aliphatic heterocycles. The molecule has 0 radical (unpaired) electrons. The quantitative estimate of drug-likeness (QED) is 0.670. The molecule has 0 spiro atoms. The maximum absolute atomic E-state index is 13.8. The highest BCUT2D eigenvalue weighted by molar-refractivity contribution is 6.30. The van der Waals surface area contributed by atoms with Crippen LogP contribution in [0.1, 0.15) is 11.1 Å². The Balaban J connectivity index is 2.32. The van der Waals surface area contributed by atoms with Crippen molar-refractivity contribution in [1.82, 2.24) is 0 Å². The first-order valence-corrected chi connectivity index (χ1v) is 6.45. The van der Waals surface area contributed by atoms with E-state index in [9.17, 15) is 4.39 Å². The van der Waals surface area contributed by atoms with Crippen molar-refractivity contribution >= 4 is 23.1 Å². The first kappa shape index (κ1) is 14.3. The summed E-state index contributed by atoms with van der Waals surface area (Å²) in [5.41, 5.74) is 7.17. The lowest BCUT2D eigenvalue weighted by Crippen LogP contribution is -2.23. The van der Waals surface area contributed by atoms with Crippen molar-refractivity contribution < 1.29 is 4.39 Å². The molecule has 3 nitrogen and oxygen atoms in total. The van der Waals surface area contributed by atoms with Crippen LogP contribution in [0.3, 0.4) is 0 Å². The van der Waals surface area contributed by atoms with Crippen LogP contribution < -0.4 is 10.6 Å². The molecule has 0 saturated heterocycles. The monoisotopic (exact) mass is 291 g/mol. The number of anilines is 1. The Bertz CT molecular complexity index is 643. The molecule has 0 saturated carbocycles. The minimum absolute atomic E-state index is 0.122. The van der Waals surface area contributed by atoms with E-state index < -0.39 is 5.82 Å². The standard InChI is InChI=1S/C15H15ClFN3/c1-20(9-10-4-2-5-11(16)8-10)13-7-3-6-12(17)14(13)15(18)19/h2-8H,9H2,1H3,(H3,18,19). The van der Waals surface area contributed by atoms with Crippen LogP contribution in [0.4, 0.5) is 10.1 Å². The number of benzene rings is 2. The van der Waals surface area contributed by atoms with Crippen LogP contribution in [0.15, 0.2) is 42.5 Å². The van der Waals surface area contributed by atoms with Crippen LogP contribution in [0.5, 0.6) is 0 Å². The lowest BCUT2D eigenvalue weighted by atomic mass is 10.1. The van der Waals surface area contributed by atoms with Gasteiger partial charge in [0, 0.05) is 18.6 Å². The number of halogens is 2. The molecule has 104 valence electrons. The van der Waals surface area contributed by atoms with Crippen molar-refractivity contribution in [1.29, 1.82) is 5.41 Å². The highest BCUT2D eigenvalue weighted by Gasteiger charge is 2.14. The van der Waals surface area contributed by atoms with E-state index in [2.05, 4.69) is 0 Å². The number of nitrogens with two attached hydrogens (primary N) is 1. The Hall–Kier alpha value is -2.07. The summed E-state index contributed by atoms with van der Waals surface area (Å²) >= 11 is 5.95. The maximum Gasteiger partial charge on any atom is 0.136 e. The largest absolute Gasteiger partial charge is 0.384 e. The number of nitrogens with zero attached hydrogens (tertiary/aromatic N) is 1. The lowest BCUT2D eigenvalue weighted by molar-refractivity contribution is 0.624. The van der Waals surface area contributed by atoms with Gasteiger partial charge in [-0.1, -0.05) is 29.8 Å². The fourth-order valence-corrected chi connectivity index (χ4v) is 2.30. The number of nitrogens with one attached hydrogen (secondary N) is 1. The molecule has 0 amide bonds. The average Bonchev–Trinajstić information content (AvgIpc) is 2.37. The third-order valence-corrected chi connectivity index (χ3v) is 3.22. The highest BCUT2D eigenvalue weighted by Crippen LogP contribution is 2.24. The van der Waals surface area contributed by atoms with Gasteiger partial charge in [-0.3, -0.25) is 5.41 Å². The summed E-state index contributed by atoms with van der Waals surface area (Å²) in [4.78, 5) is 1.84. The second-order valence-electron chi connectivity index (χ2n) is 4.53. The molecule has 20 heavy (non-hydrogen) atoms. The van der Waals surface area contributed by atoms with E-state index >= 15 is 0 Å². The molecule has 0 bridgehead atoms. The molecular formula is C15H15ClFN3. The molecule has 0 aromatic heterocycles. The fourth-order valence-electron chi connectivity index (χ4n) is 2.09. The van der Waals surface area contributed by atoms with E-state index in [1.165, 1.54) is 6.07 Å². The van der Waals surface area contributed by atoms with E-state index in [0.29, 0.717) is 17.3 Å². The lowest BCUT2D eigenvalue weighted by Gasteiger charge is -2.22. The molecule has 2 aromatic rings. The van der Waals surface area contributed by atoms with E-state index in [1.54, 1.807) is 18.2 Å². The van der Waals surface area contributed by atoms with E-state index in [-0.39, 0.29) is 11.4 Å². The Morgan fingerprint density at radius 2 is 2.00 bits per heavy atom. The van der Waals surface area contributed by atoms with Crippen LogP contribution in [-0.4, -0.2) is 12.9 Å². The third kappa shape index (κ3) is 3.08. The van der Waals surface area contributed by atoms with Crippen molar-refractivity contribution in [3.8, 4) is 0 Å². The summed E-state index contributed by atoms with van der Waals surface area (Å²) in [5.74, 6) is -0.774. The van der Waals surface area contributed by atoms with Gasteiger partial charge in [0.1, 0.15) is 11.7 Å². The zero-order valence-electron chi connectivity index (χ0n) is 11.0. The normalized spacial score (nSPS) is 10.3. The van der Waals surface area contributed by atoms with Gasteiger partial charge in [0.25, 0.3) is 0 Å². The Labute approximate surface area is 122 Å². The molecule has 0 atom stereocenters. The summed E-state index contributed by atoms with van der Waals surface area (Å²) in [6.07, 6.45) is 0. The highest BCUT2D eigenvalue weighted by atomic mass is 35.5. The smallest absolute Gasteiger partial charge is 0.136 e. The molecule has 0 aliphatic rings. The molecule has 0 fully saturated rings. The summed E-state index contributed by atoms with van der Waals surface area (Å²) in [6.45, 7) is 0.546. The molecule has 0 heterocycles. The first-order chi connectivity index (χ1) is 9.49. The Morgan fingerprint density at radius 3 is 2.65 bits per heavy atom. The van der Waals surface area contributed by atoms with Gasteiger partial charge in [-0.2, -0.15) is 0 Å². The number of hydrogen-bond acceptors (Lipinski definition) is 2. The molecular weight excluding hydrogens is 277 g/mol. The van der Waals surface area contributed by atoms with Crippen LogP contribution >= 0.6 is 11.6 Å². The zero-order chi connectivity index (χ0) is 14.7. The number of rotatable bonds is 4. The van der Waals surface area contributed by atoms with Gasteiger partial charge in [-0.05, 0) is 29.8 Å². The fraction of sp³-hybridized carbons (Fsp3) is 0.133. The second kappa shape index (κ2) is 5.92. The molecule has 2 rings (SSSR count). The minimum Gasteiger partial charge on any atom is -0.384 e. The van der Waals surface area contributed by atoms with Gasteiger partial charge in [-0.15, -0.1) is 0 Å². The van der Waals surface area contributed by atoms with E-state index in [0.717, 1.165) is 5.56 Å². The van der Waals surface area contributed by atoms with E-state index in [4.69, 9.17) is 22.7 Å². The number of amidine groups is 1. The Kier molecular flexibility index (Phi) is 4.25. The maximum atomic E-state index is 13.8. The third-order valence-electron chi connectivity index (χ3n) is 2.98. The predicted octanol–water partition coefficient (Wildman–Crippen LogP) is 3.40. The van der Waals surface area contributed by atoms with E-state index in [1.807, 2.05) is 30.1 Å². The molecule has 0 aliphatic carbocycles.